The van der Waals surface area contributed by atoms with Crippen LogP contribution >= 0.6 is 0 Å². The molecule has 0 aromatic heterocycles. The van der Waals surface area contributed by atoms with Crippen molar-refractivity contribution >= 4 is 5.91 Å². The number of benzene rings is 2. The van der Waals surface area contributed by atoms with Crippen LogP contribution in [0.4, 0.5) is 0 Å². The third-order valence-corrected chi connectivity index (χ3v) is 5.24. The predicted molar refractivity (Wildman–Crippen MR) is 98.1 cm³/mol. The molecule has 0 spiro atoms. The average Bonchev–Trinajstić information content (AvgIpc) is 3.04. The lowest BCUT2D eigenvalue weighted by Crippen LogP contribution is -2.28. The molecule has 2 aromatic carbocycles. The molecule has 0 aliphatic carbocycles. The summed E-state index contributed by atoms with van der Waals surface area (Å²) in [6.07, 6.45) is 0.897. The van der Waals surface area contributed by atoms with Crippen molar-refractivity contribution in [3.05, 3.63) is 65.2 Å². The van der Waals surface area contributed by atoms with E-state index in [0.717, 1.165) is 42.9 Å². The highest BCUT2D eigenvalue weighted by Crippen LogP contribution is 2.34. The van der Waals surface area contributed by atoms with Gasteiger partial charge < -0.3 is 15.4 Å². The highest BCUT2D eigenvalue weighted by molar-refractivity contribution is 5.96. The first kappa shape index (κ1) is 16.2. The Balaban J connectivity index is 1.53. The van der Waals surface area contributed by atoms with Crippen molar-refractivity contribution in [3.63, 3.8) is 0 Å². The highest BCUT2D eigenvalue weighted by atomic mass is 16.5. The smallest absolute Gasteiger partial charge is 0.251 e. The van der Waals surface area contributed by atoms with Crippen LogP contribution in [0.25, 0.3) is 0 Å². The van der Waals surface area contributed by atoms with Crippen molar-refractivity contribution in [2.75, 3.05) is 19.6 Å². The molecule has 1 amide bonds. The number of carbonyl (C=O) groups is 1. The molecule has 3 atom stereocenters. The number of carbonyl (C=O) groups excluding carboxylic acids is 1. The van der Waals surface area contributed by atoms with Gasteiger partial charge in [-0.1, -0.05) is 36.4 Å². The van der Waals surface area contributed by atoms with Crippen molar-refractivity contribution in [3.8, 4) is 5.75 Å². The predicted octanol–water partition coefficient (Wildman–Crippen LogP) is 2.74. The van der Waals surface area contributed by atoms with Crippen molar-refractivity contribution in [1.82, 2.24) is 10.6 Å². The Morgan fingerprint density at radius 1 is 1.12 bits per heavy atom. The standard InChI is InChI=1S/C21H24N2O2/c1-14(9-15-5-3-2-4-6-15)25-17-7-8-18-19(10-17)21(24)23-12-16-11-22-13-20(16)18/h2-8,10,14,16,20,22H,9,11-13H2,1H3,(H,23,24)/t14-,16+,20-/m1/s1. The van der Waals surface area contributed by atoms with E-state index in [2.05, 4.69) is 35.8 Å². The Morgan fingerprint density at radius 2 is 1.96 bits per heavy atom. The SMILES string of the molecule is C[C@H](Cc1ccccc1)Oc1ccc2c(c1)C(=O)NC[C@@H]1CNC[C@@H]21. The number of rotatable bonds is 4. The lowest BCUT2D eigenvalue weighted by Gasteiger charge is -2.19. The lowest BCUT2D eigenvalue weighted by atomic mass is 9.87. The van der Waals surface area contributed by atoms with Gasteiger partial charge in [-0.15, -0.1) is 0 Å². The molecule has 1 fully saturated rings. The van der Waals surface area contributed by atoms with Gasteiger partial charge in [-0.2, -0.15) is 0 Å². The first-order valence-electron chi connectivity index (χ1n) is 9.04. The Morgan fingerprint density at radius 3 is 2.80 bits per heavy atom. The number of amides is 1. The van der Waals surface area contributed by atoms with Gasteiger partial charge in [-0.05, 0) is 36.1 Å². The second kappa shape index (κ2) is 6.89. The molecule has 2 aliphatic rings. The Labute approximate surface area is 148 Å². The van der Waals surface area contributed by atoms with Crippen LogP contribution in [0.2, 0.25) is 0 Å². The number of ether oxygens (including phenoxy) is 1. The lowest BCUT2D eigenvalue weighted by molar-refractivity contribution is 0.0951. The molecule has 4 rings (SSSR count). The molecular formula is C21H24N2O2. The second-order valence-corrected chi connectivity index (χ2v) is 7.10. The zero-order valence-corrected chi connectivity index (χ0v) is 14.5. The maximum Gasteiger partial charge on any atom is 0.251 e. The van der Waals surface area contributed by atoms with Gasteiger partial charge in [0.1, 0.15) is 5.75 Å². The zero-order chi connectivity index (χ0) is 17.2. The number of fused-ring (bicyclic) bond motifs is 3. The van der Waals surface area contributed by atoms with Gasteiger partial charge in [0.2, 0.25) is 0 Å². The van der Waals surface area contributed by atoms with Gasteiger partial charge in [0.15, 0.2) is 0 Å². The van der Waals surface area contributed by atoms with E-state index in [9.17, 15) is 4.79 Å². The van der Waals surface area contributed by atoms with E-state index in [4.69, 9.17) is 4.74 Å². The summed E-state index contributed by atoms with van der Waals surface area (Å²) >= 11 is 0. The zero-order valence-electron chi connectivity index (χ0n) is 14.5. The fraction of sp³-hybridized carbons (Fsp3) is 0.381. The Hall–Kier alpha value is -2.33. The quantitative estimate of drug-likeness (QED) is 0.903. The first-order chi connectivity index (χ1) is 12.2. The van der Waals surface area contributed by atoms with Gasteiger partial charge >= 0.3 is 0 Å². The molecule has 0 unspecified atom stereocenters. The van der Waals surface area contributed by atoms with E-state index in [1.165, 1.54) is 5.56 Å². The van der Waals surface area contributed by atoms with Crippen molar-refractivity contribution in [2.24, 2.45) is 5.92 Å². The topological polar surface area (TPSA) is 50.4 Å². The first-order valence-corrected chi connectivity index (χ1v) is 9.04. The average molecular weight is 336 g/mol. The summed E-state index contributed by atoms with van der Waals surface area (Å²) in [5.41, 5.74) is 3.16. The van der Waals surface area contributed by atoms with Crippen molar-refractivity contribution in [2.45, 2.75) is 25.4 Å². The highest BCUT2D eigenvalue weighted by Gasteiger charge is 2.34. The maximum atomic E-state index is 12.5. The van der Waals surface area contributed by atoms with E-state index in [-0.39, 0.29) is 12.0 Å². The minimum absolute atomic E-state index is 0.0190. The van der Waals surface area contributed by atoms with Gasteiger partial charge in [-0.3, -0.25) is 4.79 Å². The third-order valence-electron chi connectivity index (χ3n) is 5.24. The summed E-state index contributed by atoms with van der Waals surface area (Å²) in [6, 6.07) is 16.3. The fourth-order valence-corrected chi connectivity index (χ4v) is 3.98. The molecule has 25 heavy (non-hydrogen) atoms. The van der Waals surface area contributed by atoms with E-state index in [0.29, 0.717) is 11.8 Å². The summed E-state index contributed by atoms with van der Waals surface area (Å²) in [6.45, 7) is 4.72. The molecule has 2 heterocycles. The molecular weight excluding hydrogens is 312 g/mol. The van der Waals surface area contributed by atoms with E-state index >= 15 is 0 Å². The molecule has 0 radical (unpaired) electrons. The molecule has 2 N–H and O–H groups in total. The molecule has 4 heteroatoms. The van der Waals surface area contributed by atoms with Crippen molar-refractivity contribution in [1.29, 1.82) is 0 Å². The third kappa shape index (κ3) is 3.40. The molecule has 0 saturated carbocycles. The Kier molecular flexibility index (Phi) is 4.45. The maximum absolute atomic E-state index is 12.5. The van der Waals surface area contributed by atoms with E-state index in [1.54, 1.807) is 0 Å². The molecule has 130 valence electrons. The van der Waals surface area contributed by atoms with Crippen LogP contribution in [-0.2, 0) is 6.42 Å². The summed E-state index contributed by atoms with van der Waals surface area (Å²) in [5.74, 6) is 1.67. The molecule has 2 aliphatic heterocycles. The summed E-state index contributed by atoms with van der Waals surface area (Å²) in [5, 5.41) is 6.50. The second-order valence-electron chi connectivity index (χ2n) is 7.10. The fourth-order valence-electron chi connectivity index (χ4n) is 3.98. The van der Waals surface area contributed by atoms with Gasteiger partial charge in [0.25, 0.3) is 5.91 Å². The van der Waals surface area contributed by atoms with E-state index in [1.807, 2.05) is 30.3 Å². The van der Waals surface area contributed by atoms with Crippen molar-refractivity contribution < 1.29 is 9.53 Å². The van der Waals surface area contributed by atoms with Gasteiger partial charge in [0, 0.05) is 37.5 Å². The summed E-state index contributed by atoms with van der Waals surface area (Å²) in [4.78, 5) is 12.5. The van der Waals surface area contributed by atoms with Gasteiger partial charge in [0.05, 0.1) is 6.10 Å². The minimum Gasteiger partial charge on any atom is -0.490 e. The Bertz CT molecular complexity index is 760. The van der Waals surface area contributed by atoms with E-state index < -0.39 is 0 Å². The monoisotopic (exact) mass is 336 g/mol. The number of hydrogen-bond donors (Lipinski definition) is 2. The molecule has 1 saturated heterocycles. The molecule has 0 bridgehead atoms. The molecule has 2 aromatic rings. The number of nitrogens with one attached hydrogen (secondary N) is 2. The number of hydrogen-bond acceptors (Lipinski definition) is 3. The van der Waals surface area contributed by atoms with Crippen LogP contribution < -0.4 is 15.4 Å². The molecule has 4 nitrogen and oxygen atoms in total. The minimum atomic E-state index is 0.0190. The largest absolute Gasteiger partial charge is 0.490 e. The van der Waals surface area contributed by atoms with Gasteiger partial charge in [-0.25, -0.2) is 0 Å². The van der Waals surface area contributed by atoms with Crippen LogP contribution in [0.15, 0.2) is 48.5 Å². The normalized spacial score (nSPS) is 23.2. The summed E-state index contributed by atoms with van der Waals surface area (Å²) < 4.78 is 6.09. The summed E-state index contributed by atoms with van der Waals surface area (Å²) in [7, 11) is 0. The van der Waals surface area contributed by atoms with Crippen LogP contribution in [0.5, 0.6) is 5.75 Å². The van der Waals surface area contributed by atoms with Crippen LogP contribution in [0.1, 0.15) is 34.3 Å². The van der Waals surface area contributed by atoms with Crippen LogP contribution in [0, 0.1) is 5.92 Å². The van der Waals surface area contributed by atoms with Crippen LogP contribution in [0.3, 0.4) is 0 Å². The van der Waals surface area contributed by atoms with Crippen LogP contribution in [-0.4, -0.2) is 31.6 Å².